The van der Waals surface area contributed by atoms with E-state index in [0.717, 1.165) is 16.7 Å². The number of nitrogens with zero attached hydrogens (tertiary/aromatic N) is 2. The Hall–Kier alpha value is -6.62. The van der Waals surface area contributed by atoms with Gasteiger partial charge in [0.1, 0.15) is 12.4 Å². The number of hydrogen-bond acceptors (Lipinski definition) is 11. The van der Waals surface area contributed by atoms with Crippen LogP contribution in [-0.2, 0) is 69.9 Å². The molecule has 1 aliphatic carbocycles. The van der Waals surface area contributed by atoms with E-state index in [1.807, 2.05) is 18.2 Å². The fourth-order valence-electron chi connectivity index (χ4n) is 8.97. The number of Topliss-reactive ketones (excluding diaryl/α,β-unsaturated/α-hetero) is 2. The van der Waals surface area contributed by atoms with Gasteiger partial charge >= 0.3 is 5.97 Å². The van der Waals surface area contributed by atoms with Crippen LogP contribution in [0.4, 0.5) is 4.39 Å². The molecule has 0 saturated heterocycles. The first kappa shape index (κ1) is 46.4. The highest BCUT2D eigenvalue weighted by Gasteiger charge is 2.46. The van der Waals surface area contributed by atoms with Crippen molar-refractivity contribution < 1.29 is 47.8 Å². The zero-order valence-corrected chi connectivity index (χ0v) is 36.7. The summed E-state index contributed by atoms with van der Waals surface area (Å²) < 4.78 is 22.1. The maximum Gasteiger partial charge on any atom is 0.343 e. The Morgan fingerprint density at radius 3 is 2.42 bits per heavy atom. The average Bonchev–Trinajstić information content (AvgIpc) is 3.67. The van der Waals surface area contributed by atoms with Crippen LogP contribution in [0.5, 0.6) is 0 Å². The maximum absolute atomic E-state index is 15.3. The van der Waals surface area contributed by atoms with E-state index >= 15 is 4.39 Å². The number of esters is 1. The van der Waals surface area contributed by atoms with E-state index < -0.39 is 46.8 Å². The van der Waals surface area contributed by atoms with Gasteiger partial charge in [-0.2, -0.15) is 0 Å². The summed E-state index contributed by atoms with van der Waals surface area (Å²) in [4.78, 5) is 108. The minimum Gasteiger partial charge on any atom is -0.458 e. The predicted octanol–water partition coefficient (Wildman–Crippen LogP) is 3.48. The topological polar surface area (TPSA) is 232 Å². The number of carbonyl (C=O) groups is 7. The number of carbonyl (C=O) groups excluding carboxylic acids is 7. The Morgan fingerprint density at radius 1 is 0.923 bits per heavy atom. The van der Waals surface area contributed by atoms with Gasteiger partial charge in [0.15, 0.2) is 17.2 Å². The summed E-state index contributed by atoms with van der Waals surface area (Å²) in [6.45, 7) is 4.76. The van der Waals surface area contributed by atoms with E-state index in [9.17, 15) is 43.5 Å². The number of amides is 4. The number of ether oxygens (including phenoxy) is 1. The third-order valence-electron chi connectivity index (χ3n) is 12.7. The standard InChI is InChI=1S/C48H53FN6O10/c1-4-39(58)51-23-28(56)13-17-42(61)53-35(20-27-10-7-6-8-11-27)38(57)16-18-40(59)50-19-9-12-41(60)52-34-15-14-29-26(3)33(49)22-36-43(29)44(34)30-24-55-37(45(30)54-36)21-32-31(46(55)62)25-65-47(63)48(32,64)5-2/h6-8,10-11,21-22,34-35,64H,4-5,9,12-20,23-25H2,1-3H3,(H,50,59)(H,51,58)(H,52,60)(H,53,61)/t34-,35-,48-/m0/s1. The first-order valence-corrected chi connectivity index (χ1v) is 22.1. The predicted molar refractivity (Wildman–Crippen MR) is 235 cm³/mol. The van der Waals surface area contributed by atoms with Crippen molar-refractivity contribution in [3.63, 3.8) is 0 Å². The van der Waals surface area contributed by atoms with Crippen molar-refractivity contribution in [2.24, 2.45) is 0 Å². The second-order valence-electron chi connectivity index (χ2n) is 16.9. The molecular formula is C48H53FN6O10. The van der Waals surface area contributed by atoms with Crippen molar-refractivity contribution in [1.29, 1.82) is 0 Å². The summed E-state index contributed by atoms with van der Waals surface area (Å²) in [5.74, 6) is -3.44. The van der Waals surface area contributed by atoms with Crippen molar-refractivity contribution >= 4 is 52.1 Å². The summed E-state index contributed by atoms with van der Waals surface area (Å²) in [6, 6.07) is 10.6. The number of cyclic esters (lactones) is 1. The molecule has 0 saturated carbocycles. The molecule has 0 bridgehead atoms. The molecule has 0 unspecified atom stereocenters. The van der Waals surface area contributed by atoms with Crippen LogP contribution in [0.3, 0.4) is 0 Å². The van der Waals surface area contributed by atoms with Gasteiger partial charge in [-0.1, -0.05) is 44.2 Å². The van der Waals surface area contributed by atoms with Gasteiger partial charge in [-0.05, 0) is 67.3 Å². The number of fused-ring (bicyclic) bond motifs is 5. The number of hydrogen-bond donors (Lipinski definition) is 5. The number of aliphatic hydroxyl groups is 1. The monoisotopic (exact) mass is 892 g/mol. The highest BCUT2D eigenvalue weighted by Crippen LogP contribution is 2.46. The Balaban J connectivity index is 0.968. The number of ketones is 2. The van der Waals surface area contributed by atoms with Crippen LogP contribution in [0.15, 0.2) is 47.3 Å². The Labute approximate surface area is 374 Å². The van der Waals surface area contributed by atoms with E-state index in [-0.39, 0.29) is 119 Å². The molecule has 3 aliphatic rings. The molecule has 4 aromatic rings. The number of aryl methyl sites for hydroxylation is 1. The van der Waals surface area contributed by atoms with Gasteiger partial charge in [-0.15, -0.1) is 0 Å². The summed E-state index contributed by atoms with van der Waals surface area (Å²) >= 11 is 0. The first-order chi connectivity index (χ1) is 31.1. The lowest BCUT2D eigenvalue weighted by Crippen LogP contribution is -2.44. The molecule has 4 amide bonds. The lowest BCUT2D eigenvalue weighted by atomic mass is 9.81. The van der Waals surface area contributed by atoms with Crippen LogP contribution in [0.2, 0.25) is 0 Å². The van der Waals surface area contributed by atoms with E-state index in [1.165, 1.54) is 10.6 Å². The number of aromatic nitrogens is 2. The third kappa shape index (κ3) is 9.75. The fourth-order valence-corrected chi connectivity index (χ4v) is 8.97. The van der Waals surface area contributed by atoms with Crippen LogP contribution >= 0.6 is 0 Å². The zero-order valence-electron chi connectivity index (χ0n) is 36.7. The molecule has 16 nitrogen and oxygen atoms in total. The molecule has 2 aromatic carbocycles. The molecule has 0 spiro atoms. The van der Waals surface area contributed by atoms with E-state index in [2.05, 4.69) is 21.3 Å². The van der Waals surface area contributed by atoms with Crippen molar-refractivity contribution in [3.05, 3.63) is 97.6 Å². The van der Waals surface area contributed by atoms with Crippen LogP contribution in [-0.4, -0.2) is 75.0 Å². The number of rotatable bonds is 19. The lowest BCUT2D eigenvalue weighted by Gasteiger charge is -2.31. The molecule has 3 atom stereocenters. The summed E-state index contributed by atoms with van der Waals surface area (Å²) in [6.07, 6.45) is 1.05. The van der Waals surface area contributed by atoms with E-state index in [4.69, 9.17) is 9.72 Å². The smallest absolute Gasteiger partial charge is 0.343 e. The number of nitrogens with one attached hydrogen (secondary N) is 4. The van der Waals surface area contributed by atoms with E-state index in [0.29, 0.717) is 46.3 Å². The minimum atomic E-state index is -2.02. The second-order valence-corrected chi connectivity index (χ2v) is 16.9. The largest absolute Gasteiger partial charge is 0.458 e. The molecular weight excluding hydrogens is 840 g/mol. The molecule has 5 N–H and O–H groups in total. The lowest BCUT2D eigenvalue weighted by molar-refractivity contribution is -0.172. The minimum absolute atomic E-state index is 0.0242. The zero-order chi connectivity index (χ0) is 46.6. The van der Waals surface area contributed by atoms with Crippen molar-refractivity contribution in [1.82, 2.24) is 30.8 Å². The normalized spacial score (nSPS) is 17.2. The highest BCUT2D eigenvalue weighted by atomic mass is 19.1. The molecule has 0 radical (unpaired) electrons. The van der Waals surface area contributed by atoms with Crippen molar-refractivity contribution in [3.8, 4) is 11.4 Å². The molecule has 65 heavy (non-hydrogen) atoms. The van der Waals surface area contributed by atoms with Crippen molar-refractivity contribution in [2.75, 3.05) is 13.1 Å². The number of benzene rings is 2. The van der Waals surface area contributed by atoms with Crippen LogP contribution in [0.25, 0.3) is 22.3 Å². The van der Waals surface area contributed by atoms with Crippen LogP contribution in [0, 0.1) is 12.7 Å². The second kappa shape index (κ2) is 19.6. The van der Waals surface area contributed by atoms with Crippen LogP contribution in [0.1, 0.15) is 117 Å². The Morgan fingerprint density at radius 2 is 1.68 bits per heavy atom. The quantitative estimate of drug-likeness (QED) is 0.0595. The molecule has 2 aromatic heterocycles. The molecule has 0 fully saturated rings. The summed E-state index contributed by atoms with van der Waals surface area (Å²) in [5.41, 5.74) is 2.45. The first-order valence-electron chi connectivity index (χ1n) is 22.1. The third-order valence-corrected chi connectivity index (χ3v) is 12.7. The van der Waals surface area contributed by atoms with Crippen molar-refractivity contribution in [2.45, 2.75) is 122 Å². The van der Waals surface area contributed by atoms with Gasteiger partial charge in [0.2, 0.25) is 23.6 Å². The van der Waals surface area contributed by atoms with Gasteiger partial charge in [0.25, 0.3) is 5.56 Å². The number of pyridine rings is 2. The molecule has 17 heteroatoms. The molecule has 7 rings (SSSR count). The summed E-state index contributed by atoms with van der Waals surface area (Å²) in [5, 5.41) is 23.1. The van der Waals surface area contributed by atoms with Gasteiger partial charge in [-0.25, -0.2) is 14.2 Å². The maximum atomic E-state index is 15.3. The Kier molecular flexibility index (Phi) is 14.0. The van der Waals surface area contributed by atoms with Gasteiger partial charge in [0, 0.05) is 67.6 Å². The number of halogens is 1. The SMILES string of the molecule is CCC(=O)NCC(=O)CCC(=O)N[C@@H](Cc1ccccc1)C(=O)CCC(=O)NCCCC(=O)N[C@H]1CCc2c(C)c(F)cc3nc4c(c1c23)Cn1c-4cc2c(c1=O)COC(=O)[C@]2(O)CC. The average molecular weight is 893 g/mol. The molecule has 4 heterocycles. The Bertz CT molecular complexity index is 2660. The summed E-state index contributed by atoms with van der Waals surface area (Å²) in [7, 11) is 0. The van der Waals surface area contributed by atoms with Gasteiger partial charge in [-0.3, -0.25) is 33.6 Å². The fraction of sp³-hybridized carbons (Fsp3) is 0.438. The van der Waals surface area contributed by atoms with E-state index in [1.54, 1.807) is 39.0 Å². The highest BCUT2D eigenvalue weighted by molar-refractivity contribution is 5.95. The van der Waals surface area contributed by atoms with Gasteiger partial charge in [0.05, 0.1) is 47.6 Å². The molecule has 2 aliphatic heterocycles. The van der Waals surface area contributed by atoms with Crippen LogP contribution < -0.4 is 26.8 Å². The molecule has 342 valence electrons. The van der Waals surface area contributed by atoms with Gasteiger partial charge < -0.3 is 35.7 Å².